The quantitative estimate of drug-likeness (QED) is 0.784. The Morgan fingerprint density at radius 1 is 1.15 bits per heavy atom. The Bertz CT molecular complexity index is 972. The average Bonchev–Trinajstić information content (AvgIpc) is 3.38. The molecule has 4 rings (SSSR count). The zero-order valence-corrected chi connectivity index (χ0v) is 17.1. The van der Waals surface area contributed by atoms with Crippen LogP contribution in [0.5, 0.6) is 0 Å². The molecule has 0 spiro atoms. The Morgan fingerprint density at radius 2 is 1.85 bits per heavy atom. The Kier molecular flexibility index (Phi) is 4.82. The van der Waals surface area contributed by atoms with Crippen molar-refractivity contribution in [2.45, 2.75) is 37.5 Å². The summed E-state index contributed by atoms with van der Waals surface area (Å²) in [6.07, 6.45) is 3.99. The molecule has 0 unspecified atom stereocenters. The van der Waals surface area contributed by atoms with Gasteiger partial charge in [0.2, 0.25) is 10.0 Å². The van der Waals surface area contributed by atoms with E-state index < -0.39 is 10.0 Å². The summed E-state index contributed by atoms with van der Waals surface area (Å²) in [7, 11) is -3.54. The zero-order valence-electron chi connectivity index (χ0n) is 15.5. The number of nitrogens with zero attached hydrogens (tertiary/aromatic N) is 3. The minimum atomic E-state index is -3.54. The number of piperazine rings is 1. The van der Waals surface area contributed by atoms with E-state index in [0.717, 1.165) is 29.0 Å². The van der Waals surface area contributed by atoms with E-state index in [0.29, 0.717) is 41.9 Å². The number of hydrogen-bond donors (Lipinski definition) is 0. The van der Waals surface area contributed by atoms with E-state index in [-0.39, 0.29) is 5.91 Å². The summed E-state index contributed by atoms with van der Waals surface area (Å²) in [6.45, 7) is 5.20. The maximum absolute atomic E-state index is 13.0. The third-order valence-electron chi connectivity index (χ3n) is 5.14. The van der Waals surface area contributed by atoms with Gasteiger partial charge in [-0.05, 0) is 38.3 Å². The van der Waals surface area contributed by atoms with Crippen LogP contribution in [0.15, 0.2) is 29.3 Å². The van der Waals surface area contributed by atoms with Gasteiger partial charge in [0.15, 0.2) is 0 Å². The van der Waals surface area contributed by atoms with Gasteiger partial charge in [-0.25, -0.2) is 13.4 Å². The molecule has 2 aliphatic rings. The standard InChI is InChI=1S/C19H23N3O3S2/c1-13-3-6-17(14(2)11-13)27(24,25)22-9-7-21(8-10-22)19(23)16-12-20-18(26-16)15-4-5-15/h3,6,11-12,15H,4-5,7-10H2,1-2H3. The molecule has 0 bridgehead atoms. The molecule has 1 aliphatic carbocycles. The largest absolute Gasteiger partial charge is 0.335 e. The molecule has 1 aromatic carbocycles. The van der Waals surface area contributed by atoms with Crippen molar-refractivity contribution >= 4 is 27.3 Å². The molecule has 1 aromatic heterocycles. The Labute approximate surface area is 163 Å². The smallest absolute Gasteiger partial charge is 0.265 e. The molecule has 8 heteroatoms. The van der Waals surface area contributed by atoms with Crippen molar-refractivity contribution in [2.24, 2.45) is 0 Å². The normalized spacial score (nSPS) is 18.7. The molecular weight excluding hydrogens is 382 g/mol. The Morgan fingerprint density at radius 3 is 2.48 bits per heavy atom. The van der Waals surface area contributed by atoms with E-state index in [2.05, 4.69) is 4.98 Å². The number of carbonyl (C=O) groups is 1. The van der Waals surface area contributed by atoms with Crippen LogP contribution < -0.4 is 0 Å². The lowest BCUT2D eigenvalue weighted by Crippen LogP contribution is -2.50. The Balaban J connectivity index is 1.43. The fraction of sp³-hybridized carbons (Fsp3) is 0.474. The van der Waals surface area contributed by atoms with Gasteiger partial charge in [0, 0.05) is 32.1 Å². The second-order valence-corrected chi connectivity index (χ2v) is 10.3. The van der Waals surface area contributed by atoms with Gasteiger partial charge in [0.25, 0.3) is 5.91 Å². The van der Waals surface area contributed by atoms with Crippen LogP contribution in [0.25, 0.3) is 0 Å². The van der Waals surface area contributed by atoms with Gasteiger partial charge in [-0.3, -0.25) is 4.79 Å². The van der Waals surface area contributed by atoms with Crippen molar-refractivity contribution in [1.29, 1.82) is 0 Å². The fourth-order valence-electron chi connectivity index (χ4n) is 3.42. The fourth-order valence-corrected chi connectivity index (χ4v) is 6.10. The highest BCUT2D eigenvalue weighted by Crippen LogP contribution is 2.41. The van der Waals surface area contributed by atoms with Crippen LogP contribution in [0.1, 0.15) is 44.6 Å². The van der Waals surface area contributed by atoms with Gasteiger partial charge >= 0.3 is 0 Å². The van der Waals surface area contributed by atoms with Gasteiger partial charge < -0.3 is 4.90 Å². The van der Waals surface area contributed by atoms with Crippen LogP contribution in [0.4, 0.5) is 0 Å². The molecule has 2 heterocycles. The lowest BCUT2D eigenvalue weighted by Gasteiger charge is -2.34. The predicted molar refractivity (Wildman–Crippen MR) is 105 cm³/mol. The van der Waals surface area contributed by atoms with Gasteiger partial charge in [-0.1, -0.05) is 17.7 Å². The summed E-state index contributed by atoms with van der Waals surface area (Å²) in [5.41, 5.74) is 1.79. The molecule has 1 aliphatic heterocycles. The molecular formula is C19H23N3O3S2. The van der Waals surface area contributed by atoms with Gasteiger partial charge in [0.1, 0.15) is 4.88 Å². The van der Waals surface area contributed by atoms with Crippen LogP contribution in [0, 0.1) is 13.8 Å². The van der Waals surface area contributed by atoms with E-state index in [1.807, 2.05) is 26.0 Å². The number of hydrogen-bond acceptors (Lipinski definition) is 5. The number of rotatable bonds is 4. The van der Waals surface area contributed by atoms with E-state index in [1.165, 1.54) is 15.6 Å². The second-order valence-electron chi connectivity index (χ2n) is 7.30. The van der Waals surface area contributed by atoms with Crippen LogP contribution in [-0.2, 0) is 10.0 Å². The highest BCUT2D eigenvalue weighted by atomic mass is 32.2. The summed E-state index contributed by atoms with van der Waals surface area (Å²) < 4.78 is 27.4. The highest BCUT2D eigenvalue weighted by molar-refractivity contribution is 7.89. The van der Waals surface area contributed by atoms with E-state index >= 15 is 0 Å². The first-order valence-electron chi connectivity index (χ1n) is 9.18. The summed E-state index contributed by atoms with van der Waals surface area (Å²) in [5, 5.41) is 1.05. The predicted octanol–water partition coefficient (Wildman–Crippen LogP) is 2.78. The molecule has 27 heavy (non-hydrogen) atoms. The summed E-state index contributed by atoms with van der Waals surface area (Å²) in [4.78, 5) is 19.8. The summed E-state index contributed by atoms with van der Waals surface area (Å²) >= 11 is 1.48. The third kappa shape index (κ3) is 3.66. The minimum Gasteiger partial charge on any atom is -0.335 e. The van der Waals surface area contributed by atoms with Gasteiger partial charge in [-0.15, -0.1) is 11.3 Å². The second kappa shape index (κ2) is 7.00. The zero-order chi connectivity index (χ0) is 19.2. The highest BCUT2D eigenvalue weighted by Gasteiger charge is 2.33. The summed E-state index contributed by atoms with van der Waals surface area (Å²) in [5.74, 6) is 0.499. The number of benzene rings is 1. The van der Waals surface area contributed by atoms with Gasteiger partial charge in [0.05, 0.1) is 16.1 Å². The molecule has 144 valence electrons. The minimum absolute atomic E-state index is 0.0389. The molecule has 1 saturated heterocycles. The number of thiazole rings is 1. The molecule has 2 aromatic rings. The lowest BCUT2D eigenvalue weighted by molar-refractivity contribution is 0.0702. The maximum Gasteiger partial charge on any atom is 0.265 e. The first kappa shape index (κ1) is 18.6. The van der Waals surface area contributed by atoms with Gasteiger partial charge in [-0.2, -0.15) is 4.31 Å². The molecule has 0 N–H and O–H groups in total. The third-order valence-corrected chi connectivity index (χ3v) is 8.34. The first-order chi connectivity index (χ1) is 12.9. The topological polar surface area (TPSA) is 70.6 Å². The van der Waals surface area contributed by atoms with Crippen molar-refractivity contribution < 1.29 is 13.2 Å². The Hall–Kier alpha value is -1.77. The van der Waals surface area contributed by atoms with Crippen molar-refractivity contribution in [3.05, 3.63) is 45.4 Å². The number of aromatic nitrogens is 1. The van der Waals surface area contributed by atoms with Crippen LogP contribution in [0.3, 0.4) is 0 Å². The first-order valence-corrected chi connectivity index (χ1v) is 11.4. The van der Waals surface area contributed by atoms with Crippen LogP contribution in [0.2, 0.25) is 0 Å². The van der Waals surface area contributed by atoms with Crippen molar-refractivity contribution in [1.82, 2.24) is 14.2 Å². The molecule has 1 amide bonds. The van der Waals surface area contributed by atoms with E-state index in [9.17, 15) is 13.2 Å². The van der Waals surface area contributed by atoms with Crippen LogP contribution >= 0.6 is 11.3 Å². The number of sulfonamides is 1. The number of amides is 1. The SMILES string of the molecule is Cc1ccc(S(=O)(=O)N2CCN(C(=O)c3cnc(C4CC4)s3)CC2)c(C)c1. The van der Waals surface area contributed by atoms with Crippen LogP contribution in [-0.4, -0.2) is 54.7 Å². The monoisotopic (exact) mass is 405 g/mol. The average molecular weight is 406 g/mol. The molecule has 2 fully saturated rings. The van der Waals surface area contributed by atoms with E-state index in [4.69, 9.17) is 0 Å². The molecule has 0 atom stereocenters. The molecule has 0 radical (unpaired) electrons. The summed E-state index contributed by atoms with van der Waals surface area (Å²) in [6, 6.07) is 5.38. The van der Waals surface area contributed by atoms with Crippen molar-refractivity contribution in [3.63, 3.8) is 0 Å². The van der Waals surface area contributed by atoms with E-state index in [1.54, 1.807) is 17.2 Å². The molecule has 6 nitrogen and oxygen atoms in total. The maximum atomic E-state index is 13.0. The van der Waals surface area contributed by atoms with Crippen molar-refractivity contribution in [2.75, 3.05) is 26.2 Å². The lowest BCUT2D eigenvalue weighted by atomic mass is 10.2. The number of carbonyl (C=O) groups excluding carboxylic acids is 1. The van der Waals surface area contributed by atoms with Crippen molar-refractivity contribution in [3.8, 4) is 0 Å². The number of aryl methyl sites for hydroxylation is 2. The molecule has 1 saturated carbocycles.